The summed E-state index contributed by atoms with van der Waals surface area (Å²) in [5, 5.41) is 9.12. The number of ether oxygens (including phenoxy) is 1. The Kier molecular flexibility index (Phi) is 6.23. The second-order valence-electron chi connectivity index (χ2n) is 3.57. The maximum Gasteiger partial charge on any atom is 0.348 e. The number of halogens is 2. The van der Waals surface area contributed by atoms with Gasteiger partial charge in [-0.2, -0.15) is 0 Å². The van der Waals surface area contributed by atoms with Crippen molar-refractivity contribution >= 4 is 17.3 Å². The third-order valence-corrected chi connectivity index (χ3v) is 3.50. The van der Waals surface area contributed by atoms with Gasteiger partial charge in [0.05, 0.1) is 7.11 Å². The zero-order valence-electron chi connectivity index (χ0n) is 11.8. The Balaban J connectivity index is 0.00000106. The van der Waals surface area contributed by atoms with E-state index in [2.05, 4.69) is 4.98 Å². The topological polar surface area (TPSA) is 59.4 Å². The number of alkyl halides is 2. The summed E-state index contributed by atoms with van der Waals surface area (Å²) in [5.41, 5.74) is -0.122. The van der Waals surface area contributed by atoms with Gasteiger partial charge in [0.2, 0.25) is 0 Å². The lowest BCUT2D eigenvalue weighted by Gasteiger charge is -2.00. The van der Waals surface area contributed by atoms with Crippen LogP contribution in [0.5, 0.6) is 5.75 Å². The molecule has 2 aromatic rings. The second-order valence-corrected chi connectivity index (χ2v) is 4.57. The molecule has 0 amide bonds. The molecule has 0 spiro atoms. The molecule has 4 nitrogen and oxygen atoms in total. The fourth-order valence-corrected chi connectivity index (χ4v) is 2.41. The van der Waals surface area contributed by atoms with Crippen LogP contribution in [0.15, 0.2) is 24.3 Å². The molecule has 0 unspecified atom stereocenters. The van der Waals surface area contributed by atoms with E-state index in [1.165, 1.54) is 7.11 Å². The van der Waals surface area contributed by atoms with Gasteiger partial charge in [-0.1, -0.05) is 13.8 Å². The van der Waals surface area contributed by atoms with Crippen molar-refractivity contribution in [1.29, 1.82) is 0 Å². The zero-order chi connectivity index (χ0) is 16.0. The molecule has 0 saturated heterocycles. The molecule has 114 valence electrons. The maximum absolute atomic E-state index is 12.7. The van der Waals surface area contributed by atoms with Gasteiger partial charge >= 0.3 is 5.97 Å². The molecular weight excluding hydrogens is 300 g/mol. The number of aromatic nitrogens is 1. The van der Waals surface area contributed by atoms with Gasteiger partial charge in [-0.3, -0.25) is 0 Å². The van der Waals surface area contributed by atoms with Crippen LogP contribution in [0.4, 0.5) is 8.78 Å². The van der Waals surface area contributed by atoms with Crippen LogP contribution in [0.2, 0.25) is 0 Å². The van der Waals surface area contributed by atoms with Gasteiger partial charge in [-0.05, 0) is 24.3 Å². The maximum atomic E-state index is 12.7. The molecule has 1 N–H and O–H groups in total. The number of hydrogen-bond acceptors (Lipinski definition) is 4. The van der Waals surface area contributed by atoms with Gasteiger partial charge in [-0.15, -0.1) is 11.3 Å². The molecule has 21 heavy (non-hydrogen) atoms. The van der Waals surface area contributed by atoms with Crippen molar-refractivity contribution in [2.75, 3.05) is 7.11 Å². The van der Waals surface area contributed by atoms with Crippen molar-refractivity contribution in [3.8, 4) is 16.3 Å². The molecule has 7 heteroatoms. The van der Waals surface area contributed by atoms with Crippen molar-refractivity contribution in [1.82, 2.24) is 4.98 Å². The Morgan fingerprint density at radius 3 is 2.24 bits per heavy atom. The monoisotopic (exact) mass is 315 g/mol. The SMILES string of the molecule is CC.COc1ccc(-c2nc(C(F)F)c(C(=O)O)s2)cc1. The second kappa shape index (κ2) is 7.68. The first-order valence-electron chi connectivity index (χ1n) is 6.19. The lowest BCUT2D eigenvalue weighted by atomic mass is 10.2. The summed E-state index contributed by atoms with van der Waals surface area (Å²) >= 11 is 0.731. The molecule has 0 saturated carbocycles. The van der Waals surface area contributed by atoms with E-state index >= 15 is 0 Å². The Morgan fingerprint density at radius 1 is 1.29 bits per heavy atom. The first-order valence-corrected chi connectivity index (χ1v) is 7.01. The van der Waals surface area contributed by atoms with Crippen LogP contribution in [0.1, 0.15) is 35.6 Å². The average molecular weight is 315 g/mol. The first-order chi connectivity index (χ1) is 10.0. The van der Waals surface area contributed by atoms with Crippen molar-refractivity contribution in [3.05, 3.63) is 34.8 Å². The Bertz CT molecular complexity index is 597. The van der Waals surface area contributed by atoms with E-state index < -0.39 is 23.0 Å². The predicted octanol–water partition coefficient (Wildman–Crippen LogP) is 4.48. The minimum absolute atomic E-state index is 0.246. The van der Waals surface area contributed by atoms with Crippen molar-refractivity contribution in [2.45, 2.75) is 20.3 Å². The van der Waals surface area contributed by atoms with Crippen LogP contribution in [-0.4, -0.2) is 23.2 Å². The number of benzene rings is 1. The molecule has 2 rings (SSSR count). The molecule has 0 fully saturated rings. The summed E-state index contributed by atoms with van der Waals surface area (Å²) in [6, 6.07) is 6.58. The molecule has 0 aliphatic carbocycles. The number of carbonyl (C=O) groups is 1. The number of thiazole rings is 1. The minimum atomic E-state index is -2.91. The summed E-state index contributed by atoms with van der Waals surface area (Å²) in [6.45, 7) is 4.00. The van der Waals surface area contributed by atoms with Gasteiger partial charge in [0, 0.05) is 5.56 Å². The van der Waals surface area contributed by atoms with E-state index in [0.29, 0.717) is 11.3 Å². The van der Waals surface area contributed by atoms with E-state index in [4.69, 9.17) is 9.84 Å². The van der Waals surface area contributed by atoms with Crippen LogP contribution in [0.25, 0.3) is 10.6 Å². The van der Waals surface area contributed by atoms with Crippen LogP contribution < -0.4 is 4.74 Å². The standard InChI is InChI=1S/C12H9F2NO3S.C2H6/c1-18-7-4-2-6(3-5-7)11-15-8(10(13)14)9(19-11)12(16)17;1-2/h2-5,10H,1H3,(H,16,17);1-2H3. The van der Waals surface area contributed by atoms with Gasteiger partial charge in [0.1, 0.15) is 21.3 Å². The smallest absolute Gasteiger partial charge is 0.348 e. The van der Waals surface area contributed by atoms with Crippen molar-refractivity contribution < 1.29 is 23.4 Å². The van der Waals surface area contributed by atoms with Crippen LogP contribution in [-0.2, 0) is 0 Å². The van der Waals surface area contributed by atoms with E-state index in [0.717, 1.165) is 11.3 Å². The molecule has 0 aliphatic rings. The lowest BCUT2D eigenvalue weighted by molar-refractivity contribution is 0.0689. The highest BCUT2D eigenvalue weighted by molar-refractivity contribution is 7.17. The lowest BCUT2D eigenvalue weighted by Crippen LogP contribution is -1.98. The van der Waals surface area contributed by atoms with Crippen LogP contribution in [0, 0.1) is 0 Å². The highest BCUT2D eigenvalue weighted by Gasteiger charge is 2.24. The number of carboxylic acids is 1. The Morgan fingerprint density at radius 2 is 1.86 bits per heavy atom. The molecule has 0 radical (unpaired) electrons. The van der Waals surface area contributed by atoms with Gasteiger partial charge in [0.25, 0.3) is 6.43 Å². The number of hydrogen-bond donors (Lipinski definition) is 1. The Hall–Kier alpha value is -2.02. The highest BCUT2D eigenvalue weighted by atomic mass is 32.1. The molecule has 0 aliphatic heterocycles. The fourth-order valence-electron chi connectivity index (χ4n) is 1.49. The summed E-state index contributed by atoms with van der Waals surface area (Å²) in [5.74, 6) is -0.777. The molecule has 1 aromatic heterocycles. The first kappa shape index (κ1) is 17.0. The van der Waals surface area contributed by atoms with Gasteiger partial charge in [-0.25, -0.2) is 18.6 Å². The summed E-state index contributed by atoms with van der Waals surface area (Å²) in [6.07, 6.45) is -2.91. The predicted molar refractivity (Wildman–Crippen MR) is 77.4 cm³/mol. The Labute approximate surface area is 125 Å². The van der Waals surface area contributed by atoms with E-state index in [1.807, 2.05) is 13.8 Å². The van der Waals surface area contributed by atoms with E-state index in [1.54, 1.807) is 24.3 Å². The average Bonchev–Trinajstić information content (AvgIpc) is 2.95. The number of nitrogens with zero attached hydrogens (tertiary/aromatic N) is 1. The molecule has 0 bridgehead atoms. The normalized spacial score (nSPS) is 10.0. The van der Waals surface area contributed by atoms with Crippen LogP contribution >= 0.6 is 11.3 Å². The number of aromatic carboxylic acids is 1. The van der Waals surface area contributed by atoms with E-state index in [-0.39, 0.29) is 5.01 Å². The van der Waals surface area contributed by atoms with Gasteiger partial charge in [0.15, 0.2) is 0 Å². The quantitative estimate of drug-likeness (QED) is 0.903. The largest absolute Gasteiger partial charge is 0.497 e. The molecule has 1 aromatic carbocycles. The molecule has 0 atom stereocenters. The van der Waals surface area contributed by atoms with Crippen molar-refractivity contribution in [3.63, 3.8) is 0 Å². The van der Waals surface area contributed by atoms with Crippen molar-refractivity contribution in [2.24, 2.45) is 0 Å². The summed E-state index contributed by atoms with van der Waals surface area (Å²) in [4.78, 5) is 14.2. The van der Waals surface area contributed by atoms with Gasteiger partial charge < -0.3 is 9.84 Å². The summed E-state index contributed by atoms with van der Waals surface area (Å²) < 4.78 is 30.4. The molecule has 1 heterocycles. The molecular formula is C14H15F2NO3S. The van der Waals surface area contributed by atoms with E-state index in [9.17, 15) is 13.6 Å². The number of rotatable bonds is 4. The zero-order valence-corrected chi connectivity index (χ0v) is 12.6. The highest BCUT2D eigenvalue weighted by Crippen LogP contribution is 2.33. The third-order valence-electron chi connectivity index (χ3n) is 2.39. The number of carboxylic acid groups (broad SMARTS) is 1. The number of methoxy groups -OCH3 is 1. The fraction of sp³-hybridized carbons (Fsp3) is 0.286. The van der Waals surface area contributed by atoms with Crippen LogP contribution in [0.3, 0.4) is 0 Å². The summed E-state index contributed by atoms with van der Waals surface area (Å²) in [7, 11) is 1.51. The minimum Gasteiger partial charge on any atom is -0.497 e. The third kappa shape index (κ3) is 3.98.